The first-order valence-electron chi connectivity index (χ1n) is 5.47. The fraction of sp³-hybridized carbons (Fsp3) is 0.727. The minimum Gasteiger partial charge on any atom is -0.381 e. The summed E-state index contributed by atoms with van der Waals surface area (Å²) in [4.78, 5) is 5.83. The number of ether oxygens (including phenoxy) is 1. The monoisotopic (exact) mass is 226 g/mol. The molecule has 15 heavy (non-hydrogen) atoms. The van der Waals surface area contributed by atoms with E-state index < -0.39 is 0 Å². The number of aromatic nitrogens is 1. The zero-order valence-corrected chi connectivity index (χ0v) is 10.2. The Labute approximate surface area is 94.9 Å². The van der Waals surface area contributed by atoms with Crippen LogP contribution < -0.4 is 5.32 Å². The first-order valence-corrected chi connectivity index (χ1v) is 6.28. The van der Waals surface area contributed by atoms with Crippen LogP contribution in [-0.2, 0) is 11.3 Å². The second-order valence-corrected chi connectivity index (χ2v) is 5.40. The molecule has 0 radical (unpaired) electrons. The molecule has 4 heteroatoms. The van der Waals surface area contributed by atoms with Gasteiger partial charge in [0.1, 0.15) is 5.01 Å². The Balaban J connectivity index is 1.73. The summed E-state index contributed by atoms with van der Waals surface area (Å²) in [7, 11) is 0. The number of hydrogen-bond acceptors (Lipinski definition) is 4. The largest absolute Gasteiger partial charge is 0.381 e. The summed E-state index contributed by atoms with van der Waals surface area (Å²) in [5, 5.41) is 4.65. The Bertz CT molecular complexity index is 299. The summed E-state index contributed by atoms with van der Waals surface area (Å²) in [6.45, 7) is 8.00. The first-order chi connectivity index (χ1) is 7.25. The summed E-state index contributed by atoms with van der Waals surface area (Å²) >= 11 is 1.79. The van der Waals surface area contributed by atoms with Crippen LogP contribution in [0.4, 0.5) is 0 Å². The van der Waals surface area contributed by atoms with Crippen molar-refractivity contribution in [2.75, 3.05) is 19.8 Å². The number of thiazole rings is 1. The molecule has 1 aliphatic rings. The highest BCUT2D eigenvalue weighted by Crippen LogP contribution is 2.16. The van der Waals surface area contributed by atoms with Crippen LogP contribution in [0.1, 0.15) is 22.0 Å². The van der Waals surface area contributed by atoms with Crippen LogP contribution in [-0.4, -0.2) is 24.7 Å². The third-order valence-corrected chi connectivity index (χ3v) is 3.88. The number of nitrogens with one attached hydrogen (secondary N) is 1. The predicted octanol–water partition coefficient (Wildman–Crippen LogP) is 1.89. The number of nitrogens with zero attached hydrogens (tertiary/aromatic N) is 1. The highest BCUT2D eigenvalue weighted by atomic mass is 32.1. The molecule has 0 spiro atoms. The fourth-order valence-corrected chi connectivity index (χ4v) is 2.65. The van der Waals surface area contributed by atoms with E-state index in [9.17, 15) is 0 Å². The van der Waals surface area contributed by atoms with E-state index in [0.717, 1.165) is 26.3 Å². The van der Waals surface area contributed by atoms with Crippen molar-refractivity contribution in [2.45, 2.75) is 26.8 Å². The van der Waals surface area contributed by atoms with E-state index in [1.54, 1.807) is 11.3 Å². The molecule has 2 heterocycles. The van der Waals surface area contributed by atoms with Crippen LogP contribution in [0.2, 0.25) is 0 Å². The van der Waals surface area contributed by atoms with Gasteiger partial charge in [-0.15, -0.1) is 11.3 Å². The Morgan fingerprint density at radius 1 is 1.53 bits per heavy atom. The Morgan fingerprint density at radius 2 is 2.40 bits per heavy atom. The summed E-state index contributed by atoms with van der Waals surface area (Å²) in [5.41, 5.74) is 1.17. The van der Waals surface area contributed by atoms with Gasteiger partial charge in [-0.2, -0.15) is 0 Å². The molecule has 1 unspecified atom stereocenters. The zero-order valence-electron chi connectivity index (χ0n) is 9.38. The lowest BCUT2D eigenvalue weighted by Crippen LogP contribution is -2.22. The van der Waals surface area contributed by atoms with Crippen LogP contribution in [0.15, 0.2) is 0 Å². The molecule has 1 aromatic rings. The van der Waals surface area contributed by atoms with E-state index in [1.807, 2.05) is 0 Å². The third kappa shape index (κ3) is 3.00. The molecule has 84 valence electrons. The molecule has 2 rings (SSSR count). The lowest BCUT2D eigenvalue weighted by atomic mass is 10.1. The second kappa shape index (κ2) is 5.05. The number of rotatable bonds is 4. The molecular weight excluding hydrogens is 208 g/mol. The smallest absolute Gasteiger partial charge is 0.107 e. The Hall–Kier alpha value is -0.450. The maximum Gasteiger partial charge on any atom is 0.107 e. The third-order valence-electron chi connectivity index (χ3n) is 2.81. The maximum absolute atomic E-state index is 5.33. The van der Waals surface area contributed by atoms with E-state index in [-0.39, 0.29) is 0 Å². The van der Waals surface area contributed by atoms with Crippen molar-refractivity contribution in [2.24, 2.45) is 5.92 Å². The Kier molecular flexibility index (Phi) is 3.72. The van der Waals surface area contributed by atoms with Crippen molar-refractivity contribution >= 4 is 11.3 Å². The van der Waals surface area contributed by atoms with Gasteiger partial charge in [-0.3, -0.25) is 0 Å². The van der Waals surface area contributed by atoms with Gasteiger partial charge in [-0.1, -0.05) is 0 Å². The van der Waals surface area contributed by atoms with Gasteiger partial charge in [0.25, 0.3) is 0 Å². The van der Waals surface area contributed by atoms with Gasteiger partial charge in [0.15, 0.2) is 0 Å². The molecule has 1 fully saturated rings. The molecule has 1 saturated heterocycles. The molecule has 0 bridgehead atoms. The predicted molar refractivity (Wildman–Crippen MR) is 62.2 cm³/mol. The van der Waals surface area contributed by atoms with Crippen LogP contribution >= 0.6 is 11.3 Å². The van der Waals surface area contributed by atoms with Crippen molar-refractivity contribution in [3.8, 4) is 0 Å². The molecule has 0 aliphatic carbocycles. The van der Waals surface area contributed by atoms with Crippen molar-refractivity contribution in [1.82, 2.24) is 10.3 Å². The van der Waals surface area contributed by atoms with Crippen LogP contribution in [0, 0.1) is 19.8 Å². The highest BCUT2D eigenvalue weighted by molar-refractivity contribution is 7.11. The quantitative estimate of drug-likeness (QED) is 0.851. The standard InChI is InChI=1S/C11H18N2OS/c1-8-9(2)15-11(13-8)6-12-5-10-3-4-14-7-10/h10,12H,3-7H2,1-2H3. The van der Waals surface area contributed by atoms with E-state index >= 15 is 0 Å². The van der Waals surface area contributed by atoms with Gasteiger partial charge in [-0.25, -0.2) is 4.98 Å². The molecule has 1 atom stereocenters. The number of aryl methyl sites for hydroxylation is 2. The van der Waals surface area contributed by atoms with Crippen molar-refractivity contribution in [3.63, 3.8) is 0 Å². The van der Waals surface area contributed by atoms with Gasteiger partial charge in [0.2, 0.25) is 0 Å². The first kappa shape index (κ1) is 11.0. The zero-order chi connectivity index (χ0) is 10.7. The molecule has 3 nitrogen and oxygen atoms in total. The maximum atomic E-state index is 5.33. The summed E-state index contributed by atoms with van der Waals surface area (Å²) in [6, 6.07) is 0. The minimum atomic E-state index is 0.701. The normalized spacial score (nSPS) is 21.1. The molecule has 1 aromatic heterocycles. The SMILES string of the molecule is Cc1nc(CNCC2CCOC2)sc1C. The van der Waals surface area contributed by atoms with Gasteiger partial charge >= 0.3 is 0 Å². The van der Waals surface area contributed by atoms with Crippen molar-refractivity contribution < 1.29 is 4.74 Å². The lowest BCUT2D eigenvalue weighted by Gasteiger charge is -2.07. The topological polar surface area (TPSA) is 34.2 Å². The van der Waals surface area contributed by atoms with Crippen LogP contribution in [0.25, 0.3) is 0 Å². The van der Waals surface area contributed by atoms with Gasteiger partial charge in [-0.05, 0) is 26.2 Å². The average molecular weight is 226 g/mol. The lowest BCUT2D eigenvalue weighted by molar-refractivity contribution is 0.185. The van der Waals surface area contributed by atoms with Crippen molar-refractivity contribution in [1.29, 1.82) is 0 Å². The fourth-order valence-electron chi connectivity index (χ4n) is 1.74. The highest BCUT2D eigenvalue weighted by Gasteiger charge is 2.14. The van der Waals surface area contributed by atoms with Crippen molar-refractivity contribution in [3.05, 3.63) is 15.6 Å². The van der Waals surface area contributed by atoms with E-state index in [2.05, 4.69) is 24.1 Å². The van der Waals surface area contributed by atoms with Crippen LogP contribution in [0.3, 0.4) is 0 Å². The van der Waals surface area contributed by atoms with Gasteiger partial charge < -0.3 is 10.1 Å². The van der Waals surface area contributed by atoms with E-state index in [4.69, 9.17) is 4.74 Å². The molecule has 0 saturated carbocycles. The molecular formula is C11H18N2OS. The average Bonchev–Trinajstić information content (AvgIpc) is 2.79. The second-order valence-electron chi connectivity index (χ2n) is 4.11. The number of hydrogen-bond donors (Lipinski definition) is 1. The van der Waals surface area contributed by atoms with E-state index in [0.29, 0.717) is 5.92 Å². The summed E-state index contributed by atoms with van der Waals surface area (Å²) < 4.78 is 5.33. The van der Waals surface area contributed by atoms with Crippen LogP contribution in [0.5, 0.6) is 0 Å². The molecule has 1 N–H and O–H groups in total. The molecule has 0 amide bonds. The van der Waals surface area contributed by atoms with Gasteiger partial charge in [0, 0.05) is 24.6 Å². The summed E-state index contributed by atoms with van der Waals surface area (Å²) in [5.74, 6) is 0.701. The summed E-state index contributed by atoms with van der Waals surface area (Å²) in [6.07, 6.45) is 1.20. The van der Waals surface area contributed by atoms with Gasteiger partial charge in [0.05, 0.1) is 12.3 Å². The minimum absolute atomic E-state index is 0.701. The molecule has 1 aliphatic heterocycles. The van der Waals surface area contributed by atoms with E-state index in [1.165, 1.54) is 22.0 Å². The Morgan fingerprint density at radius 3 is 3.00 bits per heavy atom. The molecule has 0 aromatic carbocycles.